The normalized spacial score (nSPS) is 15.9. The van der Waals surface area contributed by atoms with Crippen LogP contribution in [-0.2, 0) is 4.79 Å². The molecule has 7 heteroatoms. The van der Waals surface area contributed by atoms with Crippen LogP contribution in [0.25, 0.3) is 16.8 Å². The number of rotatable bonds is 2. The van der Waals surface area contributed by atoms with Crippen molar-refractivity contribution in [3.63, 3.8) is 0 Å². The Balaban J connectivity index is 1.76. The molecule has 0 aromatic heterocycles. The number of phenols is 1. The number of aromatic hydroxyl groups is 1. The van der Waals surface area contributed by atoms with Gasteiger partial charge in [-0.05, 0) is 35.2 Å². The molecule has 3 aromatic carbocycles. The van der Waals surface area contributed by atoms with E-state index < -0.39 is 0 Å². The second kappa shape index (κ2) is 7.17. The molecular weight excluding hydrogens is 421 g/mol. The van der Waals surface area contributed by atoms with Crippen LogP contribution in [0.3, 0.4) is 0 Å². The quantitative estimate of drug-likeness (QED) is 0.384. The molecule has 1 fully saturated rings. The minimum atomic E-state index is -0.207. The van der Waals surface area contributed by atoms with Crippen LogP contribution in [0.4, 0.5) is 5.69 Å². The molecule has 0 spiro atoms. The summed E-state index contributed by atoms with van der Waals surface area (Å²) in [5.41, 5.74) is 1.36. The molecular formula is C20H11Cl2NO2S2. The van der Waals surface area contributed by atoms with Gasteiger partial charge in [-0.2, -0.15) is 0 Å². The number of carbonyl (C=O) groups is 1. The number of anilines is 1. The minimum Gasteiger partial charge on any atom is -0.505 e. The van der Waals surface area contributed by atoms with E-state index in [1.165, 1.54) is 16.7 Å². The van der Waals surface area contributed by atoms with Gasteiger partial charge in [0.25, 0.3) is 5.91 Å². The predicted molar refractivity (Wildman–Crippen MR) is 118 cm³/mol. The van der Waals surface area contributed by atoms with E-state index in [4.69, 9.17) is 35.4 Å². The van der Waals surface area contributed by atoms with Gasteiger partial charge in [0.1, 0.15) is 0 Å². The minimum absolute atomic E-state index is 0.123. The van der Waals surface area contributed by atoms with Gasteiger partial charge in [-0.25, -0.2) is 0 Å². The van der Waals surface area contributed by atoms with Gasteiger partial charge in [-0.3, -0.25) is 9.69 Å². The summed E-state index contributed by atoms with van der Waals surface area (Å²) in [6, 6.07) is 16.7. The number of thiocarbonyl (C=S) groups is 1. The molecule has 134 valence electrons. The molecule has 3 aromatic rings. The number of hydrogen-bond donors (Lipinski definition) is 1. The van der Waals surface area contributed by atoms with Crippen LogP contribution in [0.2, 0.25) is 10.0 Å². The van der Waals surface area contributed by atoms with Crippen molar-refractivity contribution in [2.24, 2.45) is 0 Å². The van der Waals surface area contributed by atoms with Crippen LogP contribution in [-0.4, -0.2) is 15.3 Å². The highest BCUT2D eigenvalue weighted by molar-refractivity contribution is 8.27. The number of amides is 1. The van der Waals surface area contributed by atoms with Gasteiger partial charge in [0.05, 0.1) is 20.6 Å². The summed E-state index contributed by atoms with van der Waals surface area (Å²) in [5.74, 6) is -0.388. The molecule has 1 N–H and O–H groups in total. The van der Waals surface area contributed by atoms with E-state index >= 15 is 0 Å². The van der Waals surface area contributed by atoms with E-state index in [1.807, 2.05) is 42.5 Å². The van der Waals surface area contributed by atoms with Gasteiger partial charge in [0.15, 0.2) is 10.1 Å². The third kappa shape index (κ3) is 3.32. The standard InChI is InChI=1S/C20H11Cl2NO2S2/c21-14-8-11(9-15(22)18(14)24)10-17-19(25)23(20(26)27-17)16-7-3-5-12-4-1-2-6-13(12)16/h1-10,24H/b17-10+. The van der Waals surface area contributed by atoms with Gasteiger partial charge in [-0.1, -0.05) is 83.6 Å². The summed E-state index contributed by atoms with van der Waals surface area (Å²) in [5, 5.41) is 11.9. The number of halogens is 2. The Morgan fingerprint density at radius 2 is 1.70 bits per heavy atom. The van der Waals surface area contributed by atoms with Crippen LogP contribution in [0.15, 0.2) is 59.5 Å². The van der Waals surface area contributed by atoms with Crippen molar-refractivity contribution >= 4 is 79.9 Å². The lowest BCUT2D eigenvalue weighted by Crippen LogP contribution is -2.27. The molecule has 0 unspecified atom stereocenters. The molecule has 0 aliphatic carbocycles. The first kappa shape index (κ1) is 18.3. The summed E-state index contributed by atoms with van der Waals surface area (Å²) in [4.78, 5) is 15.0. The van der Waals surface area contributed by atoms with Crippen molar-refractivity contribution in [3.05, 3.63) is 75.1 Å². The molecule has 1 aliphatic heterocycles. The zero-order chi connectivity index (χ0) is 19.1. The van der Waals surface area contributed by atoms with Crippen molar-refractivity contribution < 1.29 is 9.90 Å². The van der Waals surface area contributed by atoms with Crippen molar-refractivity contribution in [3.8, 4) is 5.75 Å². The Bertz CT molecular complexity index is 1120. The maximum Gasteiger partial charge on any atom is 0.270 e. The third-order valence-corrected chi connectivity index (χ3v) is 6.02. The third-order valence-electron chi connectivity index (χ3n) is 4.14. The van der Waals surface area contributed by atoms with E-state index in [0.717, 1.165) is 16.5 Å². The second-order valence-corrected chi connectivity index (χ2v) is 8.34. The van der Waals surface area contributed by atoms with Crippen molar-refractivity contribution in [1.29, 1.82) is 0 Å². The van der Waals surface area contributed by atoms with Gasteiger partial charge in [0.2, 0.25) is 0 Å². The molecule has 0 saturated carbocycles. The number of carbonyl (C=O) groups excluding carboxylic acids is 1. The molecule has 1 saturated heterocycles. The Kier molecular flexibility index (Phi) is 4.86. The average Bonchev–Trinajstić information content (AvgIpc) is 2.92. The maximum atomic E-state index is 13.0. The van der Waals surface area contributed by atoms with E-state index in [9.17, 15) is 9.90 Å². The summed E-state index contributed by atoms with van der Waals surface area (Å²) in [6.07, 6.45) is 1.67. The Labute approximate surface area is 175 Å². The molecule has 1 heterocycles. The molecule has 27 heavy (non-hydrogen) atoms. The van der Waals surface area contributed by atoms with Gasteiger partial charge in [-0.15, -0.1) is 0 Å². The van der Waals surface area contributed by atoms with E-state index in [0.29, 0.717) is 14.8 Å². The predicted octanol–water partition coefficient (Wildman–Crippen LogP) is 6.26. The molecule has 0 bridgehead atoms. The molecule has 1 aliphatic rings. The monoisotopic (exact) mass is 431 g/mol. The number of phenolic OH excluding ortho intramolecular Hbond substituents is 1. The first-order valence-corrected chi connectivity index (χ1v) is 9.87. The van der Waals surface area contributed by atoms with E-state index in [1.54, 1.807) is 18.2 Å². The summed E-state index contributed by atoms with van der Waals surface area (Å²) in [7, 11) is 0. The number of fused-ring (bicyclic) bond motifs is 1. The summed E-state index contributed by atoms with van der Waals surface area (Å²) in [6.45, 7) is 0. The highest BCUT2D eigenvalue weighted by Crippen LogP contribution is 2.40. The lowest BCUT2D eigenvalue weighted by atomic mass is 10.1. The fourth-order valence-electron chi connectivity index (χ4n) is 2.90. The zero-order valence-electron chi connectivity index (χ0n) is 13.6. The SMILES string of the molecule is O=C1/C(=C\c2cc(Cl)c(O)c(Cl)c2)SC(=S)N1c1cccc2ccccc12. The van der Waals surface area contributed by atoms with Crippen LogP contribution in [0.5, 0.6) is 5.75 Å². The van der Waals surface area contributed by atoms with Gasteiger partial charge in [0, 0.05) is 5.39 Å². The Hall–Kier alpha value is -2.05. The Morgan fingerprint density at radius 3 is 2.44 bits per heavy atom. The van der Waals surface area contributed by atoms with Crippen LogP contribution < -0.4 is 4.90 Å². The highest BCUT2D eigenvalue weighted by Gasteiger charge is 2.34. The number of thioether (sulfide) groups is 1. The molecule has 0 atom stereocenters. The fourth-order valence-corrected chi connectivity index (χ4v) is 4.69. The lowest BCUT2D eigenvalue weighted by molar-refractivity contribution is -0.113. The topological polar surface area (TPSA) is 40.5 Å². The van der Waals surface area contributed by atoms with Crippen LogP contribution in [0.1, 0.15) is 5.56 Å². The number of hydrogen-bond acceptors (Lipinski definition) is 4. The molecule has 4 rings (SSSR count). The number of benzene rings is 3. The first-order chi connectivity index (χ1) is 13.0. The van der Waals surface area contributed by atoms with Crippen molar-refractivity contribution in [1.82, 2.24) is 0 Å². The second-order valence-electron chi connectivity index (χ2n) is 5.85. The molecule has 0 radical (unpaired) electrons. The van der Waals surface area contributed by atoms with Gasteiger partial charge < -0.3 is 5.11 Å². The zero-order valence-corrected chi connectivity index (χ0v) is 16.8. The summed E-state index contributed by atoms with van der Waals surface area (Å²) < 4.78 is 0.457. The first-order valence-electron chi connectivity index (χ1n) is 7.89. The lowest BCUT2D eigenvalue weighted by Gasteiger charge is -2.17. The number of nitrogens with zero attached hydrogens (tertiary/aromatic N) is 1. The average molecular weight is 432 g/mol. The van der Waals surface area contributed by atoms with Crippen LogP contribution >= 0.6 is 47.2 Å². The van der Waals surface area contributed by atoms with Crippen LogP contribution in [0, 0.1) is 0 Å². The Morgan fingerprint density at radius 1 is 1.04 bits per heavy atom. The fraction of sp³-hybridized carbons (Fsp3) is 0. The van der Waals surface area contributed by atoms with Crippen molar-refractivity contribution in [2.75, 3.05) is 4.90 Å². The molecule has 1 amide bonds. The largest absolute Gasteiger partial charge is 0.505 e. The molecule has 3 nitrogen and oxygen atoms in total. The maximum absolute atomic E-state index is 13.0. The summed E-state index contributed by atoms with van der Waals surface area (Å²) >= 11 is 18.6. The highest BCUT2D eigenvalue weighted by atomic mass is 35.5. The van der Waals surface area contributed by atoms with E-state index in [-0.39, 0.29) is 21.7 Å². The van der Waals surface area contributed by atoms with Gasteiger partial charge >= 0.3 is 0 Å². The van der Waals surface area contributed by atoms with Crippen molar-refractivity contribution in [2.45, 2.75) is 0 Å². The smallest absolute Gasteiger partial charge is 0.270 e. The van der Waals surface area contributed by atoms with E-state index in [2.05, 4.69) is 0 Å².